The quantitative estimate of drug-likeness (QED) is 0.793. The van der Waals surface area contributed by atoms with Crippen LogP contribution in [-0.4, -0.2) is 38.2 Å². The van der Waals surface area contributed by atoms with E-state index in [1.807, 2.05) is 6.92 Å². The second-order valence-electron chi connectivity index (χ2n) is 5.61. The van der Waals surface area contributed by atoms with Crippen molar-refractivity contribution < 1.29 is 23.5 Å². The molecule has 1 aromatic carbocycles. The van der Waals surface area contributed by atoms with Crippen LogP contribution < -0.4 is 0 Å². The Balaban J connectivity index is 2.19. The zero-order valence-corrected chi connectivity index (χ0v) is 13.8. The zero-order chi connectivity index (χ0) is 18.4. The average Bonchev–Trinajstić information content (AvgIpc) is 3.03. The highest BCUT2D eigenvalue weighted by molar-refractivity contribution is 5.93. The number of nitrogens with zero attached hydrogens (tertiary/aromatic N) is 3. The number of halogens is 2. The minimum Gasteiger partial charge on any atom is -0.481 e. The predicted octanol–water partition coefficient (Wildman–Crippen LogP) is 2.69. The van der Waals surface area contributed by atoms with Crippen LogP contribution in [-0.2, 0) is 17.9 Å². The molecule has 0 radical (unpaired) electrons. The fourth-order valence-corrected chi connectivity index (χ4v) is 2.35. The standard InChI is InChI=1S/C17H19F2N3O3/c1-2-6-22-11-13(9-20-22)17(25)21(7-5-16(23)24)10-12-3-4-14(18)15(19)8-12/h3-4,8-9,11H,2,5-7,10H2,1H3,(H,23,24). The number of hydrogen-bond donors (Lipinski definition) is 1. The Labute approximate surface area is 143 Å². The highest BCUT2D eigenvalue weighted by atomic mass is 19.2. The summed E-state index contributed by atoms with van der Waals surface area (Å²) in [4.78, 5) is 24.8. The number of aryl methyl sites for hydroxylation is 1. The van der Waals surface area contributed by atoms with Crippen molar-refractivity contribution in [1.29, 1.82) is 0 Å². The molecule has 1 amide bonds. The number of carboxylic acid groups (broad SMARTS) is 1. The minimum absolute atomic E-state index is 0.0255. The smallest absolute Gasteiger partial charge is 0.305 e. The van der Waals surface area contributed by atoms with Crippen LogP contribution >= 0.6 is 0 Å². The summed E-state index contributed by atoms with van der Waals surface area (Å²) in [6, 6.07) is 3.33. The van der Waals surface area contributed by atoms with E-state index in [0.29, 0.717) is 17.7 Å². The lowest BCUT2D eigenvalue weighted by Crippen LogP contribution is -2.32. The number of hydrogen-bond acceptors (Lipinski definition) is 3. The van der Waals surface area contributed by atoms with Crippen molar-refractivity contribution in [1.82, 2.24) is 14.7 Å². The van der Waals surface area contributed by atoms with Gasteiger partial charge in [-0.2, -0.15) is 5.10 Å². The molecule has 0 unspecified atom stereocenters. The number of benzene rings is 1. The van der Waals surface area contributed by atoms with E-state index in [1.165, 1.54) is 17.2 Å². The minimum atomic E-state index is -1.05. The highest BCUT2D eigenvalue weighted by Crippen LogP contribution is 2.14. The maximum atomic E-state index is 13.4. The van der Waals surface area contributed by atoms with Gasteiger partial charge >= 0.3 is 5.97 Å². The number of carbonyl (C=O) groups excluding carboxylic acids is 1. The maximum absolute atomic E-state index is 13.4. The van der Waals surface area contributed by atoms with E-state index in [9.17, 15) is 18.4 Å². The molecule has 0 aliphatic heterocycles. The molecule has 0 spiro atoms. The van der Waals surface area contributed by atoms with Crippen LogP contribution in [0, 0.1) is 11.6 Å². The van der Waals surface area contributed by atoms with Crippen LogP contribution in [0.5, 0.6) is 0 Å². The van der Waals surface area contributed by atoms with Crippen LogP contribution in [0.2, 0.25) is 0 Å². The molecule has 6 nitrogen and oxygen atoms in total. The van der Waals surface area contributed by atoms with Crippen molar-refractivity contribution >= 4 is 11.9 Å². The number of carboxylic acids is 1. The van der Waals surface area contributed by atoms with Gasteiger partial charge in [0.05, 0.1) is 18.2 Å². The van der Waals surface area contributed by atoms with Crippen molar-refractivity contribution in [2.45, 2.75) is 32.9 Å². The van der Waals surface area contributed by atoms with Gasteiger partial charge in [0.15, 0.2) is 11.6 Å². The fraction of sp³-hybridized carbons (Fsp3) is 0.353. The topological polar surface area (TPSA) is 75.4 Å². The lowest BCUT2D eigenvalue weighted by atomic mass is 10.1. The number of aromatic nitrogens is 2. The van der Waals surface area contributed by atoms with Crippen LogP contribution in [0.15, 0.2) is 30.6 Å². The largest absolute Gasteiger partial charge is 0.481 e. The van der Waals surface area contributed by atoms with Crippen molar-refractivity contribution in [2.24, 2.45) is 0 Å². The predicted molar refractivity (Wildman–Crippen MR) is 85.9 cm³/mol. The van der Waals surface area contributed by atoms with Gasteiger partial charge in [-0.1, -0.05) is 13.0 Å². The van der Waals surface area contributed by atoms with E-state index in [1.54, 1.807) is 10.9 Å². The van der Waals surface area contributed by atoms with Crippen LogP contribution in [0.3, 0.4) is 0 Å². The lowest BCUT2D eigenvalue weighted by Gasteiger charge is -2.21. The summed E-state index contributed by atoms with van der Waals surface area (Å²) in [5.74, 6) is -3.45. The first-order chi connectivity index (χ1) is 11.9. The Hall–Kier alpha value is -2.77. The lowest BCUT2D eigenvalue weighted by molar-refractivity contribution is -0.137. The Morgan fingerprint density at radius 3 is 2.68 bits per heavy atom. The van der Waals surface area contributed by atoms with Gasteiger partial charge in [0.2, 0.25) is 0 Å². The maximum Gasteiger partial charge on any atom is 0.305 e. The molecule has 0 saturated carbocycles. The van der Waals surface area contributed by atoms with E-state index in [-0.39, 0.29) is 19.5 Å². The number of amides is 1. The summed E-state index contributed by atoms with van der Waals surface area (Å²) in [5, 5.41) is 13.0. The molecule has 134 valence electrons. The summed E-state index contributed by atoms with van der Waals surface area (Å²) >= 11 is 0. The van der Waals surface area contributed by atoms with E-state index in [2.05, 4.69) is 5.10 Å². The third kappa shape index (κ3) is 5.10. The van der Waals surface area contributed by atoms with Gasteiger partial charge in [-0.25, -0.2) is 8.78 Å². The molecule has 2 rings (SSSR count). The second kappa shape index (κ2) is 8.36. The van der Waals surface area contributed by atoms with E-state index >= 15 is 0 Å². The Morgan fingerprint density at radius 1 is 1.28 bits per heavy atom. The van der Waals surface area contributed by atoms with Crippen LogP contribution in [0.4, 0.5) is 8.78 Å². The van der Waals surface area contributed by atoms with Gasteiger partial charge in [-0.3, -0.25) is 14.3 Å². The summed E-state index contributed by atoms with van der Waals surface area (Å²) in [6.45, 7) is 2.56. The Kier molecular flexibility index (Phi) is 6.21. The molecule has 0 atom stereocenters. The van der Waals surface area contributed by atoms with Crippen molar-refractivity contribution in [2.75, 3.05) is 6.54 Å². The first kappa shape index (κ1) is 18.6. The molecule has 1 N–H and O–H groups in total. The van der Waals surface area contributed by atoms with Crippen LogP contribution in [0.25, 0.3) is 0 Å². The summed E-state index contributed by atoms with van der Waals surface area (Å²) in [5.41, 5.74) is 0.694. The molecule has 0 saturated heterocycles. The molecule has 0 aliphatic rings. The normalized spacial score (nSPS) is 10.7. The molecule has 2 aromatic rings. The van der Waals surface area contributed by atoms with Crippen molar-refractivity contribution in [3.63, 3.8) is 0 Å². The van der Waals surface area contributed by atoms with Gasteiger partial charge in [0, 0.05) is 25.8 Å². The Morgan fingerprint density at radius 2 is 2.04 bits per heavy atom. The molecular weight excluding hydrogens is 332 g/mol. The summed E-state index contributed by atoms with van der Waals surface area (Å²) in [6.07, 6.45) is 3.60. The first-order valence-corrected chi connectivity index (χ1v) is 7.88. The fourth-order valence-electron chi connectivity index (χ4n) is 2.35. The molecule has 1 heterocycles. The molecule has 25 heavy (non-hydrogen) atoms. The number of rotatable bonds is 8. The molecule has 8 heteroatoms. The summed E-state index contributed by atoms with van der Waals surface area (Å²) in [7, 11) is 0. The molecular formula is C17H19F2N3O3. The molecule has 0 fully saturated rings. The van der Waals surface area contributed by atoms with Crippen molar-refractivity contribution in [3.05, 3.63) is 53.4 Å². The first-order valence-electron chi connectivity index (χ1n) is 7.88. The highest BCUT2D eigenvalue weighted by Gasteiger charge is 2.19. The monoisotopic (exact) mass is 351 g/mol. The van der Waals surface area contributed by atoms with Gasteiger partial charge in [0.25, 0.3) is 5.91 Å². The summed E-state index contributed by atoms with van der Waals surface area (Å²) < 4.78 is 28.0. The third-order valence-electron chi connectivity index (χ3n) is 3.57. The number of aliphatic carboxylic acids is 1. The zero-order valence-electron chi connectivity index (χ0n) is 13.8. The third-order valence-corrected chi connectivity index (χ3v) is 3.57. The van der Waals surface area contributed by atoms with Gasteiger partial charge < -0.3 is 10.0 Å². The average molecular weight is 351 g/mol. The van der Waals surface area contributed by atoms with E-state index in [4.69, 9.17) is 5.11 Å². The van der Waals surface area contributed by atoms with Gasteiger partial charge in [-0.05, 0) is 24.1 Å². The van der Waals surface area contributed by atoms with Gasteiger partial charge in [0.1, 0.15) is 0 Å². The van der Waals surface area contributed by atoms with E-state index < -0.39 is 23.5 Å². The van der Waals surface area contributed by atoms with Crippen molar-refractivity contribution in [3.8, 4) is 0 Å². The van der Waals surface area contributed by atoms with Crippen LogP contribution in [0.1, 0.15) is 35.7 Å². The Bertz CT molecular complexity index is 761. The number of carbonyl (C=O) groups is 2. The van der Waals surface area contributed by atoms with E-state index in [0.717, 1.165) is 18.6 Å². The second-order valence-corrected chi connectivity index (χ2v) is 5.61. The SMILES string of the molecule is CCCn1cc(C(=O)N(CCC(=O)O)Cc2ccc(F)c(F)c2)cn1. The molecule has 1 aromatic heterocycles. The van der Waals surface area contributed by atoms with Gasteiger partial charge in [-0.15, -0.1) is 0 Å². The molecule has 0 aliphatic carbocycles. The molecule has 0 bridgehead atoms.